The first-order valence-corrected chi connectivity index (χ1v) is 9.45. The summed E-state index contributed by atoms with van der Waals surface area (Å²) >= 11 is 1.64. The molecule has 1 fully saturated rings. The molecular formula is C20H38S. The van der Waals surface area contributed by atoms with E-state index in [9.17, 15) is 0 Å². The predicted molar refractivity (Wildman–Crippen MR) is 106 cm³/mol. The van der Waals surface area contributed by atoms with Gasteiger partial charge in [0.05, 0.1) is 0 Å². The molecule has 1 saturated carbocycles. The van der Waals surface area contributed by atoms with Gasteiger partial charge in [-0.1, -0.05) is 90.0 Å². The van der Waals surface area contributed by atoms with E-state index in [2.05, 4.69) is 26.3 Å². The molecular weight excluding hydrogens is 272 g/mol. The second-order valence-corrected chi connectivity index (χ2v) is 5.61. The maximum absolute atomic E-state index is 3.78. The standard InChI is InChI=1S/C8H12S.C8H16.C2H6.C2H4/c1-7(2)5-6-8(3)9-4;1-2-4-6-8-7-5-3-1;2*1-2/h5-6H,1,3H2,2,4H3;1-8H2;1-2H3;1-2H2/b6-5-;;;. The molecule has 0 heterocycles. The predicted octanol–water partition coefficient (Wildman–Crippen LogP) is 7.94. The van der Waals surface area contributed by atoms with Crippen LogP contribution in [0.1, 0.15) is 72.1 Å². The molecule has 0 bridgehead atoms. The van der Waals surface area contributed by atoms with Crippen molar-refractivity contribution in [2.24, 2.45) is 0 Å². The van der Waals surface area contributed by atoms with Crippen LogP contribution in [0.15, 0.2) is 48.9 Å². The summed E-state index contributed by atoms with van der Waals surface area (Å²) < 4.78 is 0. The summed E-state index contributed by atoms with van der Waals surface area (Å²) in [5.74, 6) is 0. The van der Waals surface area contributed by atoms with E-state index in [4.69, 9.17) is 0 Å². The van der Waals surface area contributed by atoms with Gasteiger partial charge < -0.3 is 0 Å². The van der Waals surface area contributed by atoms with E-state index >= 15 is 0 Å². The normalized spacial score (nSPS) is 13.9. The van der Waals surface area contributed by atoms with E-state index in [-0.39, 0.29) is 0 Å². The fraction of sp³-hybridized carbons (Fsp3) is 0.600. The molecule has 0 saturated heterocycles. The zero-order valence-corrected chi connectivity index (χ0v) is 15.9. The second kappa shape index (κ2) is 24.3. The summed E-state index contributed by atoms with van der Waals surface area (Å²) in [6, 6.07) is 0. The Kier molecular flexibility index (Phi) is 29.3. The summed E-state index contributed by atoms with van der Waals surface area (Å²) in [5.41, 5.74) is 1.06. The molecule has 21 heavy (non-hydrogen) atoms. The van der Waals surface area contributed by atoms with Crippen LogP contribution in [-0.4, -0.2) is 6.26 Å². The van der Waals surface area contributed by atoms with Crippen molar-refractivity contribution in [3.05, 3.63) is 48.9 Å². The van der Waals surface area contributed by atoms with E-state index in [1.54, 1.807) is 11.8 Å². The lowest BCUT2D eigenvalue weighted by Crippen LogP contribution is -1.85. The summed E-state index contributed by atoms with van der Waals surface area (Å²) in [6.07, 6.45) is 17.9. The van der Waals surface area contributed by atoms with Crippen molar-refractivity contribution in [3.63, 3.8) is 0 Å². The van der Waals surface area contributed by atoms with E-state index in [1.165, 1.54) is 51.4 Å². The first-order valence-electron chi connectivity index (χ1n) is 8.23. The molecule has 0 nitrogen and oxygen atoms in total. The number of hydrogen-bond donors (Lipinski definition) is 0. The minimum absolute atomic E-state index is 1.06. The Balaban J connectivity index is -0.000000250. The van der Waals surface area contributed by atoms with E-state index in [1.807, 2.05) is 39.2 Å². The van der Waals surface area contributed by atoms with E-state index in [0.717, 1.165) is 10.5 Å². The minimum Gasteiger partial charge on any atom is -0.130 e. The van der Waals surface area contributed by atoms with Gasteiger partial charge >= 0.3 is 0 Å². The highest BCUT2D eigenvalue weighted by atomic mass is 32.2. The molecule has 0 radical (unpaired) electrons. The average molecular weight is 311 g/mol. The quantitative estimate of drug-likeness (QED) is 0.376. The molecule has 0 aromatic carbocycles. The van der Waals surface area contributed by atoms with Gasteiger partial charge in [-0.05, 0) is 24.2 Å². The SMILES string of the molecule is C1CCCCCCC1.C=C.C=C(C)/C=C\C(=C)SC.CC. The number of allylic oxidation sites excluding steroid dienone is 3. The monoisotopic (exact) mass is 310 g/mol. The van der Waals surface area contributed by atoms with Gasteiger partial charge in [-0.2, -0.15) is 0 Å². The van der Waals surface area contributed by atoms with Crippen molar-refractivity contribution in [2.75, 3.05) is 6.26 Å². The zero-order chi connectivity index (χ0) is 16.9. The summed E-state index contributed by atoms with van der Waals surface area (Å²) in [4.78, 5) is 1.07. The number of rotatable bonds is 3. The van der Waals surface area contributed by atoms with Crippen LogP contribution in [0.2, 0.25) is 0 Å². The molecule has 0 aliphatic heterocycles. The van der Waals surface area contributed by atoms with Crippen LogP contribution >= 0.6 is 11.8 Å². The van der Waals surface area contributed by atoms with Crippen LogP contribution in [0.25, 0.3) is 0 Å². The molecule has 0 spiro atoms. The van der Waals surface area contributed by atoms with Gasteiger partial charge in [-0.25, -0.2) is 0 Å². The Morgan fingerprint density at radius 3 is 1.24 bits per heavy atom. The Morgan fingerprint density at radius 1 is 0.762 bits per heavy atom. The molecule has 0 aromatic rings. The lowest BCUT2D eigenvalue weighted by molar-refractivity contribution is 0.504. The third-order valence-corrected chi connectivity index (χ3v) is 3.48. The van der Waals surface area contributed by atoms with E-state index in [0.29, 0.717) is 0 Å². The molecule has 1 rings (SSSR count). The fourth-order valence-electron chi connectivity index (χ4n) is 1.72. The number of hydrogen-bond acceptors (Lipinski definition) is 1. The lowest BCUT2D eigenvalue weighted by Gasteiger charge is -2.05. The highest BCUT2D eigenvalue weighted by Gasteiger charge is 1.95. The lowest BCUT2D eigenvalue weighted by atomic mass is 10.0. The Labute approximate surface area is 139 Å². The van der Waals surface area contributed by atoms with Gasteiger partial charge in [0.1, 0.15) is 0 Å². The average Bonchev–Trinajstić information content (AvgIpc) is 2.49. The highest BCUT2D eigenvalue weighted by molar-refractivity contribution is 8.02. The Hall–Kier alpha value is -0.690. The van der Waals surface area contributed by atoms with Crippen molar-refractivity contribution in [1.29, 1.82) is 0 Å². The third kappa shape index (κ3) is 28.3. The largest absolute Gasteiger partial charge is 0.130 e. The Bertz CT molecular complexity index is 227. The van der Waals surface area contributed by atoms with Crippen molar-refractivity contribution >= 4 is 11.8 Å². The third-order valence-electron chi connectivity index (χ3n) is 2.82. The molecule has 1 heteroatoms. The summed E-state index contributed by atoms with van der Waals surface area (Å²) in [5, 5.41) is 0. The van der Waals surface area contributed by atoms with Crippen LogP contribution in [0.5, 0.6) is 0 Å². The van der Waals surface area contributed by atoms with Crippen molar-refractivity contribution in [3.8, 4) is 0 Å². The van der Waals surface area contributed by atoms with Crippen molar-refractivity contribution < 1.29 is 0 Å². The van der Waals surface area contributed by atoms with E-state index < -0.39 is 0 Å². The Morgan fingerprint density at radius 2 is 1.05 bits per heavy atom. The maximum atomic E-state index is 3.78. The van der Waals surface area contributed by atoms with Crippen molar-refractivity contribution in [1.82, 2.24) is 0 Å². The molecule has 1 aliphatic carbocycles. The van der Waals surface area contributed by atoms with Gasteiger partial charge in [0, 0.05) is 0 Å². The van der Waals surface area contributed by atoms with Crippen molar-refractivity contribution in [2.45, 2.75) is 72.1 Å². The molecule has 0 N–H and O–H groups in total. The molecule has 0 atom stereocenters. The highest BCUT2D eigenvalue weighted by Crippen LogP contribution is 2.15. The van der Waals surface area contributed by atoms with Crippen LogP contribution in [0, 0.1) is 0 Å². The first kappa shape index (κ1) is 25.3. The second-order valence-electron chi connectivity index (χ2n) is 4.68. The zero-order valence-electron chi connectivity index (χ0n) is 15.0. The first-order chi connectivity index (χ1) is 10.2. The maximum Gasteiger partial charge on any atom is -0.000276 e. The molecule has 1 aliphatic rings. The van der Waals surface area contributed by atoms with Gasteiger partial charge in [0.15, 0.2) is 0 Å². The molecule has 0 unspecified atom stereocenters. The van der Waals surface area contributed by atoms with Crippen LogP contribution < -0.4 is 0 Å². The van der Waals surface area contributed by atoms with Gasteiger partial charge in [-0.3, -0.25) is 0 Å². The molecule has 124 valence electrons. The summed E-state index contributed by atoms with van der Waals surface area (Å²) in [6.45, 7) is 19.5. The summed E-state index contributed by atoms with van der Waals surface area (Å²) in [7, 11) is 0. The molecule has 0 amide bonds. The van der Waals surface area contributed by atoms with Gasteiger partial charge in [0.2, 0.25) is 0 Å². The fourth-order valence-corrected chi connectivity index (χ4v) is 1.92. The number of thioether (sulfide) groups is 1. The van der Waals surface area contributed by atoms with Crippen LogP contribution in [0.4, 0.5) is 0 Å². The van der Waals surface area contributed by atoms with Crippen LogP contribution in [-0.2, 0) is 0 Å². The molecule has 0 aromatic heterocycles. The smallest absolute Gasteiger partial charge is 0.000276 e. The van der Waals surface area contributed by atoms with Gasteiger partial charge in [-0.15, -0.1) is 24.9 Å². The van der Waals surface area contributed by atoms with Gasteiger partial charge in [0.25, 0.3) is 0 Å². The topological polar surface area (TPSA) is 0 Å². The van der Waals surface area contributed by atoms with Crippen LogP contribution in [0.3, 0.4) is 0 Å². The minimum atomic E-state index is 1.06.